The summed E-state index contributed by atoms with van der Waals surface area (Å²) in [6.45, 7) is 8.51. The van der Waals surface area contributed by atoms with Gasteiger partial charge in [0.2, 0.25) is 0 Å². The van der Waals surface area contributed by atoms with Crippen molar-refractivity contribution < 1.29 is 0 Å². The van der Waals surface area contributed by atoms with Crippen molar-refractivity contribution in [1.82, 2.24) is 30.6 Å². The first-order valence-electron chi connectivity index (χ1n) is 12.6. The average molecular weight is 468 g/mol. The van der Waals surface area contributed by atoms with Gasteiger partial charge in [-0.3, -0.25) is 0 Å². The van der Waals surface area contributed by atoms with Crippen LogP contribution < -0.4 is 4.90 Å². The van der Waals surface area contributed by atoms with Crippen LogP contribution in [0.4, 0.5) is 5.82 Å². The zero-order valence-electron chi connectivity index (χ0n) is 20.8. The number of benzene rings is 2. The number of H-pyrrole nitrogens is 1. The highest BCUT2D eigenvalue weighted by Gasteiger charge is 2.27. The Kier molecular flexibility index (Phi) is 6.84. The van der Waals surface area contributed by atoms with Gasteiger partial charge < -0.3 is 4.90 Å². The number of hydrogen-bond donors (Lipinski definition) is 1. The van der Waals surface area contributed by atoms with E-state index in [4.69, 9.17) is 9.97 Å². The van der Waals surface area contributed by atoms with Gasteiger partial charge in [-0.1, -0.05) is 78.2 Å². The van der Waals surface area contributed by atoms with Crippen molar-refractivity contribution in [3.8, 4) is 22.5 Å². The maximum atomic E-state index is 5.31. The first kappa shape index (κ1) is 23.1. The lowest BCUT2D eigenvalue weighted by Crippen LogP contribution is -2.33. The number of aromatic amines is 1. The van der Waals surface area contributed by atoms with E-state index >= 15 is 0 Å². The van der Waals surface area contributed by atoms with Crippen molar-refractivity contribution in [2.75, 3.05) is 18.0 Å². The van der Waals surface area contributed by atoms with Gasteiger partial charge >= 0.3 is 0 Å². The Labute approximate surface area is 207 Å². The van der Waals surface area contributed by atoms with Crippen LogP contribution in [-0.4, -0.2) is 43.7 Å². The van der Waals surface area contributed by atoms with Crippen molar-refractivity contribution in [3.05, 3.63) is 71.2 Å². The third kappa shape index (κ3) is 5.24. The Bertz CT molecular complexity index is 1250. The van der Waals surface area contributed by atoms with Gasteiger partial charge in [-0.2, -0.15) is 5.21 Å². The minimum atomic E-state index is 0.392. The molecule has 1 aliphatic heterocycles. The Hall–Kier alpha value is -3.61. The summed E-state index contributed by atoms with van der Waals surface area (Å²) in [4.78, 5) is 13.0. The minimum Gasteiger partial charge on any atom is -0.355 e. The molecule has 180 valence electrons. The molecule has 0 amide bonds. The first-order chi connectivity index (χ1) is 17.1. The van der Waals surface area contributed by atoms with Crippen LogP contribution in [0.2, 0.25) is 0 Å². The van der Waals surface area contributed by atoms with E-state index in [-0.39, 0.29) is 0 Å². The van der Waals surface area contributed by atoms with E-state index in [0.29, 0.717) is 5.92 Å². The Morgan fingerprint density at radius 1 is 0.857 bits per heavy atom. The van der Waals surface area contributed by atoms with Crippen molar-refractivity contribution in [2.24, 2.45) is 0 Å². The molecule has 0 fully saturated rings. The van der Waals surface area contributed by atoms with Gasteiger partial charge in [-0.25, -0.2) is 9.97 Å². The summed E-state index contributed by atoms with van der Waals surface area (Å²) in [7, 11) is 0. The molecule has 0 saturated heterocycles. The van der Waals surface area contributed by atoms with Gasteiger partial charge in [-0.05, 0) is 33.1 Å². The van der Waals surface area contributed by atoms with E-state index in [1.807, 2.05) is 0 Å². The minimum absolute atomic E-state index is 0.392. The molecule has 1 unspecified atom stereocenters. The highest BCUT2D eigenvalue weighted by Crippen LogP contribution is 2.38. The van der Waals surface area contributed by atoms with E-state index in [0.717, 1.165) is 85.0 Å². The highest BCUT2D eigenvalue weighted by atomic mass is 15.5. The molecule has 35 heavy (non-hydrogen) atoms. The molecule has 1 atom stereocenters. The standard InChI is InChI=1S/C28H33N7/c1-19-8-12-22(13-9-19)26-27(23-14-10-20(2)11-15-23)30-28-25(29-26)21(3)16-18-35(28)17-6-4-5-7-24-31-33-34-32-24/h8-15,21H,4-7,16-18H2,1-3H3,(H,31,32,33,34). The summed E-state index contributed by atoms with van der Waals surface area (Å²) in [5, 5.41) is 14.3. The Morgan fingerprint density at radius 3 is 2.14 bits per heavy atom. The van der Waals surface area contributed by atoms with Crippen molar-refractivity contribution >= 4 is 5.82 Å². The number of fused-ring (bicyclic) bond motifs is 1. The molecule has 3 heterocycles. The van der Waals surface area contributed by atoms with Crippen molar-refractivity contribution in [3.63, 3.8) is 0 Å². The zero-order chi connectivity index (χ0) is 24.2. The summed E-state index contributed by atoms with van der Waals surface area (Å²) < 4.78 is 0. The topological polar surface area (TPSA) is 83.5 Å². The normalized spacial score (nSPS) is 15.3. The number of aryl methyl sites for hydroxylation is 3. The van der Waals surface area contributed by atoms with Crippen LogP contribution in [0.1, 0.15) is 61.2 Å². The molecule has 5 rings (SSSR count). The molecule has 1 N–H and O–H groups in total. The number of rotatable bonds is 8. The Morgan fingerprint density at radius 2 is 1.51 bits per heavy atom. The van der Waals surface area contributed by atoms with Crippen LogP contribution in [0.15, 0.2) is 48.5 Å². The molecule has 0 saturated carbocycles. The van der Waals surface area contributed by atoms with E-state index in [1.165, 1.54) is 11.1 Å². The SMILES string of the molecule is Cc1ccc(-c2nc3c(nc2-c2ccc(C)cc2)N(CCCCCc2nn[nH]n2)CCC3C)cc1. The van der Waals surface area contributed by atoms with Gasteiger partial charge in [0.05, 0.1) is 17.1 Å². The van der Waals surface area contributed by atoms with Gasteiger partial charge in [0.15, 0.2) is 11.6 Å². The van der Waals surface area contributed by atoms with E-state index < -0.39 is 0 Å². The van der Waals surface area contributed by atoms with E-state index in [9.17, 15) is 0 Å². The summed E-state index contributed by atoms with van der Waals surface area (Å²) >= 11 is 0. The smallest absolute Gasteiger partial charge is 0.174 e. The molecule has 7 heteroatoms. The highest BCUT2D eigenvalue weighted by molar-refractivity contribution is 5.80. The molecule has 1 aliphatic rings. The lowest BCUT2D eigenvalue weighted by molar-refractivity contribution is 0.564. The number of nitrogens with one attached hydrogen (secondary N) is 1. The van der Waals surface area contributed by atoms with Crippen LogP contribution in [0.25, 0.3) is 22.5 Å². The maximum Gasteiger partial charge on any atom is 0.174 e. The largest absolute Gasteiger partial charge is 0.355 e. The molecular formula is C28H33N7. The lowest BCUT2D eigenvalue weighted by atomic mass is 9.96. The third-order valence-corrected chi connectivity index (χ3v) is 6.87. The second-order valence-corrected chi connectivity index (χ2v) is 9.68. The lowest BCUT2D eigenvalue weighted by Gasteiger charge is -2.33. The van der Waals surface area contributed by atoms with Gasteiger partial charge in [0, 0.05) is 36.6 Å². The Balaban J connectivity index is 1.44. The fourth-order valence-electron chi connectivity index (χ4n) is 4.69. The fraction of sp³-hybridized carbons (Fsp3) is 0.393. The molecule has 0 aliphatic carbocycles. The van der Waals surface area contributed by atoms with Crippen LogP contribution in [0.5, 0.6) is 0 Å². The van der Waals surface area contributed by atoms with Crippen molar-refractivity contribution in [2.45, 2.75) is 58.8 Å². The predicted octanol–water partition coefficient (Wildman–Crippen LogP) is 5.67. The summed E-state index contributed by atoms with van der Waals surface area (Å²) in [6.07, 6.45) is 5.25. The first-order valence-corrected chi connectivity index (χ1v) is 12.6. The van der Waals surface area contributed by atoms with Gasteiger partial charge in [-0.15, -0.1) is 10.2 Å². The molecule has 0 spiro atoms. The quantitative estimate of drug-likeness (QED) is 0.336. The zero-order valence-corrected chi connectivity index (χ0v) is 20.8. The van der Waals surface area contributed by atoms with Crippen LogP contribution in [0, 0.1) is 13.8 Å². The summed E-state index contributed by atoms with van der Waals surface area (Å²) in [5.41, 5.74) is 7.77. The number of nitrogens with zero attached hydrogens (tertiary/aromatic N) is 6. The predicted molar refractivity (Wildman–Crippen MR) is 139 cm³/mol. The van der Waals surface area contributed by atoms with E-state index in [1.54, 1.807) is 0 Å². The van der Waals surface area contributed by atoms with E-state index in [2.05, 4.69) is 94.8 Å². The van der Waals surface area contributed by atoms with Gasteiger partial charge in [0.25, 0.3) is 0 Å². The monoisotopic (exact) mass is 467 g/mol. The number of hydrogen-bond acceptors (Lipinski definition) is 6. The molecule has 4 aromatic rings. The third-order valence-electron chi connectivity index (χ3n) is 6.87. The number of unbranched alkanes of at least 4 members (excludes halogenated alkanes) is 2. The molecular weight excluding hydrogens is 434 g/mol. The van der Waals surface area contributed by atoms with Gasteiger partial charge in [0.1, 0.15) is 0 Å². The second kappa shape index (κ2) is 10.3. The summed E-state index contributed by atoms with van der Waals surface area (Å²) in [6, 6.07) is 17.3. The molecule has 2 aromatic heterocycles. The number of anilines is 1. The molecule has 0 bridgehead atoms. The second-order valence-electron chi connectivity index (χ2n) is 9.68. The molecule has 2 aromatic carbocycles. The van der Waals surface area contributed by atoms with Crippen LogP contribution >= 0.6 is 0 Å². The molecule has 0 radical (unpaired) electrons. The number of aromatic nitrogens is 6. The fourth-order valence-corrected chi connectivity index (χ4v) is 4.69. The van der Waals surface area contributed by atoms with Crippen molar-refractivity contribution in [1.29, 1.82) is 0 Å². The number of tetrazole rings is 1. The maximum absolute atomic E-state index is 5.31. The molecule has 7 nitrogen and oxygen atoms in total. The van der Waals surface area contributed by atoms with Crippen LogP contribution in [-0.2, 0) is 6.42 Å². The average Bonchev–Trinajstić information content (AvgIpc) is 3.39. The summed E-state index contributed by atoms with van der Waals surface area (Å²) in [5.74, 6) is 2.23. The van der Waals surface area contributed by atoms with Crippen LogP contribution in [0.3, 0.4) is 0 Å².